The van der Waals surface area contributed by atoms with Crippen LogP contribution < -0.4 is 5.32 Å². The number of nitrogens with one attached hydrogen (secondary N) is 1. The summed E-state index contributed by atoms with van der Waals surface area (Å²) in [6.45, 7) is 8.98. The van der Waals surface area contributed by atoms with Gasteiger partial charge in [0.25, 0.3) is 0 Å². The zero-order valence-corrected chi connectivity index (χ0v) is 22.1. The molecule has 4 aromatic rings. The Morgan fingerprint density at radius 3 is 2.85 bits per heavy atom. The van der Waals surface area contributed by atoms with Crippen molar-refractivity contribution in [1.82, 2.24) is 19.6 Å². The summed E-state index contributed by atoms with van der Waals surface area (Å²) in [6, 6.07) is 7.78. The lowest BCUT2D eigenvalue weighted by atomic mass is 9.94. The minimum atomic E-state index is -0.223. The molecule has 4 heterocycles. The van der Waals surface area contributed by atoms with Crippen LogP contribution in [0.15, 0.2) is 34.6 Å². The molecule has 34 heavy (non-hydrogen) atoms. The van der Waals surface area contributed by atoms with Crippen LogP contribution in [0.5, 0.6) is 0 Å². The van der Waals surface area contributed by atoms with Crippen LogP contribution >= 0.6 is 34.9 Å². The van der Waals surface area contributed by atoms with E-state index >= 15 is 0 Å². The Morgan fingerprint density at radius 2 is 2.06 bits per heavy atom. The Labute approximate surface area is 211 Å². The highest BCUT2D eigenvalue weighted by Gasteiger charge is 2.31. The van der Waals surface area contributed by atoms with Gasteiger partial charge in [0.15, 0.2) is 16.0 Å². The van der Waals surface area contributed by atoms with Crippen molar-refractivity contribution in [2.24, 2.45) is 0 Å². The second-order valence-corrected chi connectivity index (χ2v) is 12.0. The number of carbonyl (C=O) groups is 1. The maximum atomic E-state index is 12.7. The summed E-state index contributed by atoms with van der Waals surface area (Å²) in [5, 5.41) is 14.7. The fourth-order valence-corrected chi connectivity index (χ4v) is 6.79. The summed E-state index contributed by atoms with van der Waals surface area (Å²) >= 11 is 4.78. The number of ether oxygens (including phenoxy) is 1. The van der Waals surface area contributed by atoms with Crippen LogP contribution in [0.3, 0.4) is 0 Å². The Bertz CT molecular complexity index is 1380. The van der Waals surface area contributed by atoms with E-state index in [1.165, 1.54) is 22.2 Å². The average molecular weight is 514 g/mol. The van der Waals surface area contributed by atoms with Gasteiger partial charge in [-0.2, -0.15) is 0 Å². The van der Waals surface area contributed by atoms with E-state index in [1.54, 1.807) is 23.1 Å². The molecule has 0 saturated heterocycles. The summed E-state index contributed by atoms with van der Waals surface area (Å²) in [5.41, 5.74) is 3.73. The number of amides is 1. The number of thioether (sulfide) groups is 2. The molecule has 0 bridgehead atoms. The highest BCUT2D eigenvalue weighted by molar-refractivity contribution is 8.00. The van der Waals surface area contributed by atoms with Gasteiger partial charge in [0.05, 0.1) is 23.3 Å². The molecule has 178 valence electrons. The molecule has 1 amide bonds. The highest BCUT2D eigenvalue weighted by atomic mass is 32.2. The van der Waals surface area contributed by atoms with Gasteiger partial charge in [-0.05, 0) is 44.4 Å². The molecule has 0 atom stereocenters. The van der Waals surface area contributed by atoms with Gasteiger partial charge in [-0.25, -0.2) is 9.38 Å². The molecule has 0 spiro atoms. The maximum absolute atomic E-state index is 12.7. The third kappa shape index (κ3) is 4.56. The quantitative estimate of drug-likeness (QED) is 0.250. The standard InChI is InChI=1S/C24H27N5O2S3/c1-5-10-32-22-26-21-19(15-11-24(3,4)31-12-17(15)34-21)20-27-28-23(29(20)22)33-13-18(30)25-16-9-7-6-8-14(16)2/h6-9H,5,10-13H2,1-4H3,(H,25,30). The third-order valence-electron chi connectivity index (χ3n) is 5.70. The molecule has 0 unspecified atom stereocenters. The second kappa shape index (κ2) is 9.49. The minimum Gasteiger partial charge on any atom is -0.370 e. The van der Waals surface area contributed by atoms with Gasteiger partial charge < -0.3 is 10.1 Å². The monoisotopic (exact) mass is 513 g/mol. The zero-order chi connectivity index (χ0) is 23.9. The van der Waals surface area contributed by atoms with Gasteiger partial charge in [0.2, 0.25) is 5.91 Å². The number of benzene rings is 1. The Kier molecular flexibility index (Phi) is 6.58. The Hall–Kier alpha value is -2.14. The van der Waals surface area contributed by atoms with Crippen LogP contribution in [0.25, 0.3) is 15.9 Å². The van der Waals surface area contributed by atoms with Crippen LogP contribution in [0.2, 0.25) is 0 Å². The highest BCUT2D eigenvalue weighted by Crippen LogP contribution is 2.41. The fourth-order valence-electron chi connectivity index (χ4n) is 4.00. The summed E-state index contributed by atoms with van der Waals surface area (Å²) in [4.78, 5) is 19.9. The third-order valence-corrected chi connectivity index (χ3v) is 8.87. The Balaban J connectivity index is 1.50. The van der Waals surface area contributed by atoms with E-state index in [4.69, 9.17) is 9.72 Å². The van der Waals surface area contributed by atoms with Gasteiger partial charge in [-0.3, -0.25) is 4.79 Å². The van der Waals surface area contributed by atoms with Gasteiger partial charge in [0.1, 0.15) is 4.83 Å². The molecule has 0 radical (unpaired) electrons. The smallest absolute Gasteiger partial charge is 0.234 e. The van der Waals surface area contributed by atoms with Crippen molar-refractivity contribution in [2.45, 2.75) is 63.1 Å². The lowest BCUT2D eigenvalue weighted by Crippen LogP contribution is -2.31. The molecule has 3 aromatic heterocycles. The first-order valence-electron chi connectivity index (χ1n) is 11.3. The van der Waals surface area contributed by atoms with Crippen LogP contribution in [-0.4, -0.2) is 42.6 Å². The Morgan fingerprint density at radius 1 is 1.24 bits per heavy atom. The number of hydrogen-bond acceptors (Lipinski definition) is 8. The molecule has 1 aliphatic heterocycles. The van der Waals surface area contributed by atoms with Crippen molar-refractivity contribution in [3.63, 3.8) is 0 Å². The van der Waals surface area contributed by atoms with E-state index in [1.807, 2.05) is 35.6 Å². The minimum absolute atomic E-state index is 0.0698. The van der Waals surface area contributed by atoms with Crippen molar-refractivity contribution in [3.8, 4) is 0 Å². The van der Waals surface area contributed by atoms with E-state index < -0.39 is 0 Å². The number of rotatable bonds is 7. The largest absolute Gasteiger partial charge is 0.370 e. The normalized spacial score (nSPS) is 15.1. The van der Waals surface area contributed by atoms with Crippen LogP contribution in [0.1, 0.15) is 43.2 Å². The number of nitrogens with zero attached hydrogens (tertiary/aromatic N) is 4. The van der Waals surface area contributed by atoms with E-state index in [9.17, 15) is 4.79 Å². The topological polar surface area (TPSA) is 81.4 Å². The number of aromatic nitrogens is 4. The van der Waals surface area contributed by atoms with Gasteiger partial charge in [0, 0.05) is 22.7 Å². The molecule has 1 aliphatic rings. The molecule has 5 rings (SSSR count). The summed E-state index contributed by atoms with van der Waals surface area (Å²) in [5.74, 6) is 1.12. The summed E-state index contributed by atoms with van der Waals surface area (Å²) in [7, 11) is 0. The number of para-hydroxylation sites is 1. The first-order valence-corrected chi connectivity index (χ1v) is 14.1. The number of fused-ring (bicyclic) bond motifs is 5. The molecule has 0 saturated carbocycles. The van der Waals surface area contributed by atoms with Crippen molar-refractivity contribution < 1.29 is 9.53 Å². The number of thiophene rings is 1. The van der Waals surface area contributed by atoms with Crippen molar-refractivity contribution in [2.75, 3.05) is 16.8 Å². The predicted octanol–water partition coefficient (Wildman–Crippen LogP) is 5.73. The number of hydrogen-bond donors (Lipinski definition) is 1. The number of anilines is 1. The average Bonchev–Trinajstić information content (AvgIpc) is 3.38. The first kappa shape index (κ1) is 23.6. The van der Waals surface area contributed by atoms with E-state index in [0.717, 1.165) is 50.9 Å². The molecule has 0 aliphatic carbocycles. The lowest BCUT2D eigenvalue weighted by Gasteiger charge is -2.30. The van der Waals surface area contributed by atoms with Crippen molar-refractivity contribution in [1.29, 1.82) is 0 Å². The van der Waals surface area contributed by atoms with Gasteiger partial charge >= 0.3 is 0 Å². The summed E-state index contributed by atoms with van der Waals surface area (Å²) < 4.78 is 8.07. The molecular weight excluding hydrogens is 486 g/mol. The van der Waals surface area contributed by atoms with Gasteiger partial charge in [-0.1, -0.05) is 48.6 Å². The molecular formula is C24H27N5O2S3. The molecule has 10 heteroatoms. The van der Waals surface area contributed by atoms with E-state index in [2.05, 4.69) is 36.3 Å². The van der Waals surface area contributed by atoms with Crippen molar-refractivity contribution in [3.05, 3.63) is 40.3 Å². The summed E-state index contributed by atoms with van der Waals surface area (Å²) in [6.07, 6.45) is 1.85. The van der Waals surface area contributed by atoms with Crippen molar-refractivity contribution >= 4 is 62.3 Å². The number of aryl methyl sites for hydroxylation is 1. The number of carbonyl (C=O) groups excluding carboxylic acids is 1. The zero-order valence-electron chi connectivity index (χ0n) is 19.7. The van der Waals surface area contributed by atoms with Crippen LogP contribution in [0, 0.1) is 6.92 Å². The molecule has 1 aromatic carbocycles. The fraction of sp³-hybridized carbons (Fsp3) is 0.417. The maximum Gasteiger partial charge on any atom is 0.234 e. The lowest BCUT2D eigenvalue weighted by molar-refractivity contribution is -0.113. The molecule has 7 nitrogen and oxygen atoms in total. The molecule has 1 N–H and O–H groups in total. The SMILES string of the molecule is CCCSc1nc2sc3c(c2c2nnc(SCC(=O)Nc4ccccc4C)n12)CC(C)(C)OC3. The predicted molar refractivity (Wildman–Crippen MR) is 140 cm³/mol. The molecule has 0 fully saturated rings. The van der Waals surface area contributed by atoms with Crippen LogP contribution in [0.4, 0.5) is 5.69 Å². The van der Waals surface area contributed by atoms with Crippen LogP contribution in [-0.2, 0) is 22.6 Å². The van der Waals surface area contributed by atoms with Gasteiger partial charge in [-0.15, -0.1) is 21.5 Å². The van der Waals surface area contributed by atoms with E-state index in [-0.39, 0.29) is 17.3 Å². The second-order valence-electron chi connectivity index (χ2n) is 8.95. The first-order chi connectivity index (χ1) is 16.4. The van der Waals surface area contributed by atoms with E-state index in [0.29, 0.717) is 11.8 Å².